The first-order valence-corrected chi connectivity index (χ1v) is 8.89. The van der Waals surface area contributed by atoms with Crippen molar-refractivity contribution >= 4 is 38.9 Å². The maximum absolute atomic E-state index is 13.0. The number of carbonyl (C=O) groups excluding carboxylic acids is 1. The topological polar surface area (TPSA) is 66.5 Å². The molecule has 0 aliphatic carbocycles. The number of nitrogens with one attached hydrogen (secondary N) is 1. The zero-order valence-corrected chi connectivity index (χ0v) is 13.9. The standard InChI is InChI=1S/C16H15ClN2O3S/c1-11-10-19(15-5-3-2-4-14(15)18-16(11)20)23(21,22)13-8-6-12(17)7-9-13/h2-9,11H,10H2,1H3,(H,18,20). The van der Waals surface area contributed by atoms with E-state index in [-0.39, 0.29) is 17.3 Å². The van der Waals surface area contributed by atoms with Gasteiger partial charge in [-0.15, -0.1) is 0 Å². The van der Waals surface area contributed by atoms with E-state index in [9.17, 15) is 13.2 Å². The van der Waals surface area contributed by atoms with Gasteiger partial charge in [0.05, 0.1) is 22.2 Å². The number of hydrogen-bond acceptors (Lipinski definition) is 3. The third-order valence-electron chi connectivity index (χ3n) is 3.72. The Morgan fingerprint density at radius 2 is 1.78 bits per heavy atom. The number of carbonyl (C=O) groups is 1. The van der Waals surface area contributed by atoms with Crippen LogP contribution in [0.3, 0.4) is 0 Å². The highest BCUT2D eigenvalue weighted by molar-refractivity contribution is 7.92. The highest BCUT2D eigenvalue weighted by atomic mass is 35.5. The van der Waals surface area contributed by atoms with Gasteiger partial charge in [0.25, 0.3) is 10.0 Å². The predicted molar refractivity (Wildman–Crippen MR) is 90.2 cm³/mol. The van der Waals surface area contributed by atoms with Crippen LogP contribution in [0.15, 0.2) is 53.4 Å². The highest BCUT2D eigenvalue weighted by Gasteiger charge is 2.33. The van der Waals surface area contributed by atoms with Crippen LogP contribution < -0.4 is 9.62 Å². The Bertz CT molecular complexity index is 850. The van der Waals surface area contributed by atoms with E-state index in [1.807, 2.05) is 0 Å². The normalized spacial score (nSPS) is 18.1. The Morgan fingerprint density at radius 1 is 1.13 bits per heavy atom. The van der Waals surface area contributed by atoms with Crippen LogP contribution in [0, 0.1) is 5.92 Å². The second-order valence-electron chi connectivity index (χ2n) is 5.40. The summed E-state index contributed by atoms with van der Waals surface area (Å²) in [4.78, 5) is 12.2. The number of nitrogens with zero attached hydrogens (tertiary/aromatic N) is 1. The molecular weight excluding hydrogens is 336 g/mol. The van der Waals surface area contributed by atoms with E-state index < -0.39 is 15.9 Å². The van der Waals surface area contributed by atoms with Crippen molar-refractivity contribution in [3.05, 3.63) is 53.6 Å². The molecule has 1 atom stereocenters. The van der Waals surface area contributed by atoms with Crippen molar-refractivity contribution in [2.75, 3.05) is 16.2 Å². The van der Waals surface area contributed by atoms with Gasteiger partial charge in [-0.3, -0.25) is 9.10 Å². The Hall–Kier alpha value is -2.05. The molecule has 7 heteroatoms. The minimum atomic E-state index is -3.79. The van der Waals surface area contributed by atoms with Crippen molar-refractivity contribution < 1.29 is 13.2 Å². The molecule has 120 valence electrons. The minimum absolute atomic E-state index is 0.0772. The number of benzene rings is 2. The number of para-hydroxylation sites is 2. The molecule has 23 heavy (non-hydrogen) atoms. The lowest BCUT2D eigenvalue weighted by atomic mass is 10.2. The largest absolute Gasteiger partial charge is 0.324 e. The Morgan fingerprint density at radius 3 is 2.48 bits per heavy atom. The van der Waals surface area contributed by atoms with Gasteiger partial charge in [0.2, 0.25) is 5.91 Å². The van der Waals surface area contributed by atoms with Gasteiger partial charge in [-0.25, -0.2) is 8.42 Å². The minimum Gasteiger partial charge on any atom is -0.324 e. The smallest absolute Gasteiger partial charge is 0.264 e. The van der Waals surface area contributed by atoms with Gasteiger partial charge in [0.1, 0.15) is 0 Å². The van der Waals surface area contributed by atoms with Crippen molar-refractivity contribution in [1.82, 2.24) is 0 Å². The zero-order chi connectivity index (χ0) is 16.6. The number of anilines is 2. The van der Waals surface area contributed by atoms with Crippen molar-refractivity contribution in [3.8, 4) is 0 Å². The van der Waals surface area contributed by atoms with Crippen LogP contribution in [0.25, 0.3) is 0 Å². The van der Waals surface area contributed by atoms with Gasteiger partial charge < -0.3 is 5.32 Å². The quantitative estimate of drug-likeness (QED) is 0.904. The lowest BCUT2D eigenvalue weighted by Gasteiger charge is -2.25. The highest BCUT2D eigenvalue weighted by Crippen LogP contribution is 2.34. The zero-order valence-electron chi connectivity index (χ0n) is 12.4. The van der Waals surface area contributed by atoms with Gasteiger partial charge in [-0.1, -0.05) is 30.7 Å². The van der Waals surface area contributed by atoms with Crippen LogP contribution in [-0.2, 0) is 14.8 Å². The Kier molecular flexibility index (Phi) is 4.04. The first-order valence-electron chi connectivity index (χ1n) is 7.08. The third-order valence-corrected chi connectivity index (χ3v) is 5.77. The number of rotatable bonds is 2. The van der Waals surface area contributed by atoms with Gasteiger partial charge >= 0.3 is 0 Å². The summed E-state index contributed by atoms with van der Waals surface area (Å²) >= 11 is 5.83. The second kappa shape index (κ2) is 5.86. The van der Waals surface area contributed by atoms with Gasteiger partial charge in [0.15, 0.2) is 0 Å². The molecular formula is C16H15ClN2O3S. The Balaban J connectivity index is 2.13. The molecule has 1 aliphatic rings. The molecule has 0 radical (unpaired) electrons. The molecule has 1 unspecified atom stereocenters. The fourth-order valence-electron chi connectivity index (χ4n) is 2.44. The molecule has 0 aromatic heterocycles. The molecule has 0 saturated heterocycles. The van der Waals surface area contributed by atoms with Gasteiger partial charge in [0, 0.05) is 11.6 Å². The van der Waals surface area contributed by atoms with Crippen LogP contribution in [0.1, 0.15) is 6.92 Å². The van der Waals surface area contributed by atoms with E-state index in [0.29, 0.717) is 16.4 Å². The summed E-state index contributed by atoms with van der Waals surface area (Å²) in [7, 11) is -3.79. The summed E-state index contributed by atoms with van der Waals surface area (Å²) in [6, 6.07) is 12.9. The number of hydrogen-bond donors (Lipinski definition) is 1. The molecule has 1 amide bonds. The number of halogens is 1. The van der Waals surface area contributed by atoms with Crippen molar-refractivity contribution in [1.29, 1.82) is 0 Å². The number of sulfonamides is 1. The van der Waals surface area contributed by atoms with E-state index in [2.05, 4.69) is 5.32 Å². The Labute approximate surface area is 139 Å². The van der Waals surface area contributed by atoms with Crippen LogP contribution in [0.4, 0.5) is 11.4 Å². The molecule has 1 heterocycles. The average molecular weight is 351 g/mol. The molecule has 3 rings (SSSR count). The molecule has 0 spiro atoms. The van der Waals surface area contributed by atoms with Crippen molar-refractivity contribution in [2.24, 2.45) is 5.92 Å². The summed E-state index contributed by atoms with van der Waals surface area (Å²) in [5.74, 6) is -0.671. The SMILES string of the molecule is CC1CN(S(=O)(=O)c2ccc(Cl)cc2)c2ccccc2NC1=O. The summed E-state index contributed by atoms with van der Waals surface area (Å²) in [6.07, 6.45) is 0. The van der Waals surface area contributed by atoms with E-state index in [4.69, 9.17) is 11.6 Å². The number of fused-ring (bicyclic) bond motifs is 1. The molecule has 0 bridgehead atoms. The van der Waals surface area contributed by atoms with E-state index in [0.717, 1.165) is 0 Å². The van der Waals surface area contributed by atoms with E-state index in [1.165, 1.54) is 28.6 Å². The fraction of sp³-hybridized carbons (Fsp3) is 0.188. The maximum atomic E-state index is 13.0. The fourth-order valence-corrected chi connectivity index (χ4v) is 4.14. The molecule has 1 aliphatic heterocycles. The van der Waals surface area contributed by atoms with E-state index in [1.54, 1.807) is 31.2 Å². The van der Waals surface area contributed by atoms with Gasteiger partial charge in [-0.2, -0.15) is 0 Å². The summed E-state index contributed by atoms with van der Waals surface area (Å²) in [6.45, 7) is 1.78. The first-order chi connectivity index (χ1) is 10.9. The predicted octanol–water partition coefficient (Wildman–Crippen LogP) is 3.12. The van der Waals surface area contributed by atoms with Crippen LogP contribution in [0.2, 0.25) is 5.02 Å². The molecule has 2 aromatic rings. The van der Waals surface area contributed by atoms with Crippen LogP contribution >= 0.6 is 11.6 Å². The van der Waals surface area contributed by atoms with E-state index >= 15 is 0 Å². The summed E-state index contributed by atoms with van der Waals surface area (Å²) < 4.78 is 27.3. The van der Waals surface area contributed by atoms with Crippen molar-refractivity contribution in [2.45, 2.75) is 11.8 Å². The monoisotopic (exact) mass is 350 g/mol. The maximum Gasteiger partial charge on any atom is 0.264 e. The molecule has 1 N–H and O–H groups in total. The van der Waals surface area contributed by atoms with Crippen molar-refractivity contribution in [3.63, 3.8) is 0 Å². The molecule has 5 nitrogen and oxygen atoms in total. The molecule has 0 saturated carbocycles. The summed E-state index contributed by atoms with van der Waals surface area (Å²) in [5, 5.41) is 3.23. The third kappa shape index (κ3) is 2.92. The molecule has 2 aromatic carbocycles. The average Bonchev–Trinajstić information content (AvgIpc) is 2.65. The lowest BCUT2D eigenvalue weighted by molar-refractivity contribution is -0.119. The second-order valence-corrected chi connectivity index (χ2v) is 7.70. The van der Waals surface area contributed by atoms with Crippen LogP contribution in [0.5, 0.6) is 0 Å². The molecule has 0 fully saturated rings. The first kappa shape index (κ1) is 15.8. The number of amides is 1. The lowest BCUT2D eigenvalue weighted by Crippen LogP contribution is -2.35. The van der Waals surface area contributed by atoms with Crippen LogP contribution in [-0.4, -0.2) is 20.9 Å². The van der Waals surface area contributed by atoms with Gasteiger partial charge in [-0.05, 0) is 36.4 Å². The summed E-state index contributed by atoms with van der Waals surface area (Å²) in [5.41, 5.74) is 0.944.